The second kappa shape index (κ2) is 4.18. The minimum atomic E-state index is -0.745. The fourth-order valence-corrected chi connectivity index (χ4v) is 1.93. The molecule has 1 aromatic heterocycles. The van der Waals surface area contributed by atoms with Gasteiger partial charge in [-0.2, -0.15) is 0 Å². The standard InChI is InChI=1S/C9H10O3S/c1-6(10)8(9(11)12-2)7-4-3-5-13-7/h3-5,8H,1-2H3. The second-order valence-electron chi connectivity index (χ2n) is 2.58. The van der Waals surface area contributed by atoms with Crippen molar-refractivity contribution in [2.45, 2.75) is 12.8 Å². The summed E-state index contributed by atoms with van der Waals surface area (Å²) in [5.74, 6) is -1.42. The molecule has 3 nitrogen and oxygen atoms in total. The predicted molar refractivity (Wildman–Crippen MR) is 49.8 cm³/mol. The molecule has 1 heterocycles. The molecule has 0 aliphatic rings. The number of rotatable bonds is 3. The van der Waals surface area contributed by atoms with Crippen molar-refractivity contribution in [3.05, 3.63) is 22.4 Å². The summed E-state index contributed by atoms with van der Waals surface area (Å²) in [5, 5.41) is 1.83. The van der Waals surface area contributed by atoms with Gasteiger partial charge in [0.25, 0.3) is 0 Å². The molecule has 0 N–H and O–H groups in total. The smallest absolute Gasteiger partial charge is 0.321 e. The van der Waals surface area contributed by atoms with E-state index < -0.39 is 11.9 Å². The van der Waals surface area contributed by atoms with Gasteiger partial charge >= 0.3 is 5.97 Å². The fraction of sp³-hybridized carbons (Fsp3) is 0.333. The quantitative estimate of drug-likeness (QED) is 0.547. The highest BCUT2D eigenvalue weighted by atomic mass is 32.1. The number of hydrogen-bond acceptors (Lipinski definition) is 4. The predicted octanol–water partition coefficient (Wildman–Crippen LogP) is 1.59. The Balaban J connectivity index is 2.93. The van der Waals surface area contributed by atoms with Gasteiger partial charge in [-0.05, 0) is 18.4 Å². The molecule has 0 amide bonds. The average Bonchev–Trinajstić information content (AvgIpc) is 2.56. The van der Waals surface area contributed by atoms with Crippen molar-refractivity contribution in [2.75, 3.05) is 7.11 Å². The van der Waals surface area contributed by atoms with Gasteiger partial charge < -0.3 is 4.74 Å². The zero-order valence-corrected chi connectivity index (χ0v) is 8.26. The number of carbonyl (C=O) groups excluding carboxylic acids is 2. The number of esters is 1. The normalized spacial score (nSPS) is 12.2. The van der Waals surface area contributed by atoms with E-state index in [1.165, 1.54) is 25.4 Å². The van der Waals surface area contributed by atoms with Crippen LogP contribution in [0.1, 0.15) is 17.7 Å². The summed E-state index contributed by atoms with van der Waals surface area (Å²) in [6.45, 7) is 1.39. The molecule has 13 heavy (non-hydrogen) atoms. The topological polar surface area (TPSA) is 43.4 Å². The number of methoxy groups -OCH3 is 1. The number of Topliss-reactive ketones (excluding diaryl/α,β-unsaturated/α-hetero) is 1. The molecular weight excluding hydrogens is 188 g/mol. The summed E-state index contributed by atoms with van der Waals surface area (Å²) in [5.41, 5.74) is 0. The Morgan fingerprint density at radius 3 is 2.62 bits per heavy atom. The van der Waals surface area contributed by atoms with Crippen LogP contribution >= 0.6 is 11.3 Å². The molecule has 0 radical (unpaired) electrons. The van der Waals surface area contributed by atoms with Gasteiger partial charge in [0.05, 0.1) is 7.11 Å². The Morgan fingerprint density at radius 1 is 1.54 bits per heavy atom. The van der Waals surface area contributed by atoms with Gasteiger partial charge in [0.2, 0.25) is 0 Å². The number of hydrogen-bond donors (Lipinski definition) is 0. The first-order valence-electron chi connectivity index (χ1n) is 3.78. The first-order valence-corrected chi connectivity index (χ1v) is 4.66. The van der Waals surface area contributed by atoms with Crippen LogP contribution in [0.15, 0.2) is 17.5 Å². The monoisotopic (exact) mass is 198 g/mol. The molecule has 0 fully saturated rings. The molecule has 1 unspecified atom stereocenters. The lowest BCUT2D eigenvalue weighted by molar-refractivity contribution is -0.145. The Morgan fingerprint density at radius 2 is 2.23 bits per heavy atom. The van der Waals surface area contributed by atoms with E-state index in [2.05, 4.69) is 4.74 Å². The lowest BCUT2D eigenvalue weighted by Crippen LogP contribution is -2.19. The van der Waals surface area contributed by atoms with Crippen LogP contribution in [0.5, 0.6) is 0 Å². The first-order chi connectivity index (χ1) is 6.16. The van der Waals surface area contributed by atoms with Crippen molar-refractivity contribution in [1.29, 1.82) is 0 Å². The van der Waals surface area contributed by atoms with E-state index in [0.29, 0.717) is 0 Å². The third kappa shape index (κ3) is 2.15. The van der Waals surface area contributed by atoms with Crippen LogP contribution in [-0.2, 0) is 14.3 Å². The fourth-order valence-electron chi connectivity index (χ4n) is 1.06. The van der Waals surface area contributed by atoms with E-state index in [-0.39, 0.29) is 5.78 Å². The van der Waals surface area contributed by atoms with Crippen LogP contribution in [0, 0.1) is 0 Å². The van der Waals surface area contributed by atoms with E-state index in [0.717, 1.165) is 4.88 Å². The van der Waals surface area contributed by atoms with Gasteiger partial charge in [-0.1, -0.05) is 6.07 Å². The lowest BCUT2D eigenvalue weighted by atomic mass is 10.0. The lowest BCUT2D eigenvalue weighted by Gasteiger charge is -2.08. The van der Waals surface area contributed by atoms with Gasteiger partial charge in [0.1, 0.15) is 11.7 Å². The molecule has 1 aromatic rings. The molecule has 1 atom stereocenters. The van der Waals surface area contributed by atoms with E-state index >= 15 is 0 Å². The van der Waals surface area contributed by atoms with E-state index in [4.69, 9.17) is 0 Å². The van der Waals surface area contributed by atoms with Gasteiger partial charge in [-0.15, -0.1) is 11.3 Å². The number of carbonyl (C=O) groups is 2. The average molecular weight is 198 g/mol. The minimum absolute atomic E-state index is 0.186. The number of ether oxygens (including phenoxy) is 1. The highest BCUT2D eigenvalue weighted by Gasteiger charge is 2.26. The maximum absolute atomic E-state index is 11.2. The molecule has 0 spiro atoms. The SMILES string of the molecule is COC(=O)C(C(C)=O)c1cccs1. The summed E-state index contributed by atoms with van der Waals surface area (Å²) < 4.78 is 4.54. The van der Waals surface area contributed by atoms with Gasteiger partial charge in [-0.3, -0.25) is 9.59 Å². The molecule has 0 saturated carbocycles. The molecule has 70 valence electrons. The van der Waals surface area contributed by atoms with Gasteiger partial charge in [-0.25, -0.2) is 0 Å². The molecule has 0 saturated heterocycles. The van der Waals surface area contributed by atoms with Crippen molar-refractivity contribution < 1.29 is 14.3 Å². The molecule has 4 heteroatoms. The van der Waals surface area contributed by atoms with Crippen LogP contribution in [-0.4, -0.2) is 18.9 Å². The summed E-state index contributed by atoms with van der Waals surface area (Å²) in [4.78, 5) is 23.1. The third-order valence-corrected chi connectivity index (χ3v) is 2.61. The van der Waals surface area contributed by atoms with Crippen molar-refractivity contribution in [1.82, 2.24) is 0 Å². The largest absolute Gasteiger partial charge is 0.468 e. The summed E-state index contributed by atoms with van der Waals surface area (Å²) >= 11 is 1.38. The number of ketones is 1. The van der Waals surface area contributed by atoms with Crippen molar-refractivity contribution in [3.8, 4) is 0 Å². The molecule has 0 aliphatic carbocycles. The highest BCUT2D eigenvalue weighted by molar-refractivity contribution is 7.10. The van der Waals surface area contributed by atoms with Crippen LogP contribution in [0.4, 0.5) is 0 Å². The minimum Gasteiger partial charge on any atom is -0.468 e. The Hall–Kier alpha value is -1.16. The van der Waals surface area contributed by atoms with E-state index in [9.17, 15) is 9.59 Å². The van der Waals surface area contributed by atoms with Crippen molar-refractivity contribution in [3.63, 3.8) is 0 Å². The molecule has 1 rings (SSSR count). The Bertz CT molecular complexity index is 303. The van der Waals surface area contributed by atoms with Crippen LogP contribution in [0.3, 0.4) is 0 Å². The van der Waals surface area contributed by atoms with Crippen LogP contribution < -0.4 is 0 Å². The second-order valence-corrected chi connectivity index (χ2v) is 3.56. The molecule has 0 aliphatic heterocycles. The number of thiophene rings is 1. The summed E-state index contributed by atoms with van der Waals surface area (Å²) in [6, 6.07) is 3.56. The van der Waals surface area contributed by atoms with Gasteiger partial charge in [0.15, 0.2) is 0 Å². The highest BCUT2D eigenvalue weighted by Crippen LogP contribution is 2.23. The van der Waals surface area contributed by atoms with E-state index in [1.807, 2.05) is 5.38 Å². The Labute approximate surface area is 80.3 Å². The maximum atomic E-state index is 11.2. The maximum Gasteiger partial charge on any atom is 0.321 e. The third-order valence-electron chi connectivity index (χ3n) is 1.67. The van der Waals surface area contributed by atoms with Crippen LogP contribution in [0.25, 0.3) is 0 Å². The summed E-state index contributed by atoms with van der Waals surface area (Å²) in [6.07, 6.45) is 0. The zero-order chi connectivity index (χ0) is 9.84. The molecule has 0 bridgehead atoms. The van der Waals surface area contributed by atoms with Crippen molar-refractivity contribution >= 4 is 23.1 Å². The zero-order valence-electron chi connectivity index (χ0n) is 7.44. The summed E-state index contributed by atoms with van der Waals surface area (Å²) in [7, 11) is 1.28. The molecular formula is C9H10O3S. The first kappa shape index (κ1) is 9.92. The van der Waals surface area contributed by atoms with Gasteiger partial charge in [0, 0.05) is 4.88 Å². The molecule has 0 aromatic carbocycles. The Kier molecular flexibility index (Phi) is 3.19. The van der Waals surface area contributed by atoms with Crippen molar-refractivity contribution in [2.24, 2.45) is 0 Å². The van der Waals surface area contributed by atoms with Crippen LogP contribution in [0.2, 0.25) is 0 Å². The van der Waals surface area contributed by atoms with E-state index in [1.54, 1.807) is 12.1 Å².